The van der Waals surface area contributed by atoms with E-state index in [0.717, 1.165) is 5.56 Å². The van der Waals surface area contributed by atoms with Gasteiger partial charge in [-0.25, -0.2) is 0 Å². The zero-order valence-corrected chi connectivity index (χ0v) is 18.4. The minimum absolute atomic E-state index is 0.146. The lowest BCUT2D eigenvalue weighted by molar-refractivity contribution is -0.152. The van der Waals surface area contributed by atoms with Crippen LogP contribution in [0.25, 0.3) is 0 Å². The van der Waals surface area contributed by atoms with Gasteiger partial charge in [0.2, 0.25) is 11.8 Å². The average Bonchev–Trinajstić information content (AvgIpc) is 3.48. The number of hydrogen-bond donors (Lipinski definition) is 2. The van der Waals surface area contributed by atoms with E-state index in [1.165, 1.54) is 11.9 Å². The molecule has 3 amide bonds. The number of ether oxygens (including phenoxy) is 3. The number of carbonyl (C=O) groups is 3. The zero-order chi connectivity index (χ0) is 23.3. The molecule has 0 bridgehead atoms. The highest BCUT2D eigenvalue weighted by Crippen LogP contribution is 2.34. The fourth-order valence-corrected chi connectivity index (χ4v) is 4.01. The van der Waals surface area contributed by atoms with Crippen molar-refractivity contribution < 1.29 is 28.6 Å². The highest BCUT2D eigenvalue weighted by atomic mass is 16.7. The summed E-state index contributed by atoms with van der Waals surface area (Å²) in [6.45, 7) is 1.18. The molecule has 0 saturated carbocycles. The standard InChI is InChI=1S/C24H27N3O6/c1-25-23(30)20-13-24(32-11-12-33-24)16-27(20)21(28)14-26-22(29)18-7-9-19(10-8-18)31-15-17-5-3-2-4-6-17/h2-10,20H,11-16H2,1H3,(H,25,30)(H,26,29). The van der Waals surface area contributed by atoms with Crippen LogP contribution in [0.4, 0.5) is 0 Å². The molecule has 2 heterocycles. The third-order valence-corrected chi connectivity index (χ3v) is 5.74. The molecular weight excluding hydrogens is 426 g/mol. The summed E-state index contributed by atoms with van der Waals surface area (Å²) < 4.78 is 17.1. The van der Waals surface area contributed by atoms with E-state index in [4.69, 9.17) is 14.2 Å². The molecule has 1 unspecified atom stereocenters. The smallest absolute Gasteiger partial charge is 0.251 e. The third kappa shape index (κ3) is 5.32. The summed E-state index contributed by atoms with van der Waals surface area (Å²) >= 11 is 0. The van der Waals surface area contributed by atoms with Crippen LogP contribution in [0.1, 0.15) is 22.3 Å². The molecule has 0 radical (unpaired) electrons. The van der Waals surface area contributed by atoms with E-state index < -0.39 is 17.7 Å². The zero-order valence-electron chi connectivity index (χ0n) is 18.4. The van der Waals surface area contributed by atoms with Crippen LogP contribution in [0.15, 0.2) is 54.6 Å². The molecule has 33 heavy (non-hydrogen) atoms. The number of nitrogens with zero attached hydrogens (tertiary/aromatic N) is 1. The van der Waals surface area contributed by atoms with E-state index >= 15 is 0 Å². The summed E-state index contributed by atoms with van der Waals surface area (Å²) in [4.78, 5) is 39.0. The first-order valence-electron chi connectivity index (χ1n) is 10.8. The predicted octanol–water partition coefficient (Wildman–Crippen LogP) is 1.09. The Labute approximate surface area is 192 Å². The normalized spacial score (nSPS) is 18.8. The van der Waals surface area contributed by atoms with E-state index in [2.05, 4.69) is 10.6 Å². The lowest BCUT2D eigenvalue weighted by atomic mass is 10.1. The number of amides is 3. The molecule has 174 valence electrons. The summed E-state index contributed by atoms with van der Waals surface area (Å²) in [7, 11) is 1.52. The second kappa shape index (κ2) is 10.0. The predicted molar refractivity (Wildman–Crippen MR) is 118 cm³/mol. The monoisotopic (exact) mass is 453 g/mol. The minimum Gasteiger partial charge on any atom is -0.489 e. The van der Waals surface area contributed by atoms with Gasteiger partial charge in [-0.15, -0.1) is 0 Å². The molecule has 1 atom stereocenters. The lowest BCUT2D eigenvalue weighted by Gasteiger charge is -2.24. The summed E-state index contributed by atoms with van der Waals surface area (Å²) in [5.74, 6) is -1.38. The Morgan fingerprint density at radius 2 is 1.76 bits per heavy atom. The molecule has 4 rings (SSSR count). The highest BCUT2D eigenvalue weighted by molar-refractivity contribution is 5.97. The number of likely N-dealkylation sites (tertiary alicyclic amines) is 1. The first kappa shape index (κ1) is 22.8. The summed E-state index contributed by atoms with van der Waals surface area (Å²) in [6.07, 6.45) is 0.261. The van der Waals surface area contributed by atoms with Crippen molar-refractivity contribution in [3.8, 4) is 5.75 Å². The fraction of sp³-hybridized carbons (Fsp3) is 0.375. The van der Waals surface area contributed by atoms with Crippen molar-refractivity contribution in [3.05, 3.63) is 65.7 Å². The SMILES string of the molecule is CNC(=O)C1CC2(CN1C(=O)CNC(=O)c1ccc(OCc3ccccc3)cc1)OCCO2. The third-order valence-electron chi connectivity index (χ3n) is 5.74. The molecule has 2 saturated heterocycles. The summed E-state index contributed by atoms with van der Waals surface area (Å²) in [5.41, 5.74) is 1.45. The molecule has 9 nitrogen and oxygen atoms in total. The van der Waals surface area contributed by atoms with E-state index in [9.17, 15) is 14.4 Å². The Balaban J connectivity index is 1.31. The number of benzene rings is 2. The van der Waals surface area contributed by atoms with Crippen LogP contribution >= 0.6 is 0 Å². The van der Waals surface area contributed by atoms with Crippen LogP contribution in [-0.2, 0) is 25.7 Å². The molecule has 2 aliphatic rings. The van der Waals surface area contributed by atoms with Gasteiger partial charge in [0.05, 0.1) is 26.3 Å². The van der Waals surface area contributed by atoms with Gasteiger partial charge in [-0.05, 0) is 29.8 Å². The van der Waals surface area contributed by atoms with Crippen molar-refractivity contribution in [2.45, 2.75) is 24.9 Å². The van der Waals surface area contributed by atoms with Crippen molar-refractivity contribution in [2.24, 2.45) is 0 Å². The topological polar surface area (TPSA) is 106 Å². The Hall–Kier alpha value is -3.43. The molecule has 2 N–H and O–H groups in total. The molecule has 1 spiro atoms. The number of likely N-dealkylation sites (N-methyl/N-ethyl adjacent to an activating group) is 1. The molecule has 2 aromatic rings. The van der Waals surface area contributed by atoms with Crippen LogP contribution in [0.5, 0.6) is 5.75 Å². The van der Waals surface area contributed by atoms with Gasteiger partial charge in [-0.2, -0.15) is 0 Å². The second-order valence-electron chi connectivity index (χ2n) is 7.94. The number of hydrogen-bond acceptors (Lipinski definition) is 6. The first-order valence-corrected chi connectivity index (χ1v) is 10.8. The molecule has 2 fully saturated rings. The molecule has 0 aliphatic carbocycles. The minimum atomic E-state index is -0.952. The summed E-state index contributed by atoms with van der Waals surface area (Å²) in [6, 6.07) is 15.8. The van der Waals surface area contributed by atoms with E-state index in [1.54, 1.807) is 24.3 Å². The van der Waals surface area contributed by atoms with Gasteiger partial charge < -0.3 is 29.7 Å². The molecule has 9 heteroatoms. The van der Waals surface area contributed by atoms with Crippen molar-refractivity contribution in [1.82, 2.24) is 15.5 Å². The van der Waals surface area contributed by atoms with Gasteiger partial charge in [-0.3, -0.25) is 14.4 Å². The maximum atomic E-state index is 12.8. The van der Waals surface area contributed by atoms with Gasteiger partial charge in [0.1, 0.15) is 18.4 Å². The Kier molecular flexibility index (Phi) is 6.90. The summed E-state index contributed by atoms with van der Waals surface area (Å²) in [5, 5.41) is 5.20. The molecule has 2 aliphatic heterocycles. The fourth-order valence-electron chi connectivity index (χ4n) is 4.01. The van der Waals surface area contributed by atoms with Crippen LogP contribution in [-0.4, -0.2) is 67.8 Å². The van der Waals surface area contributed by atoms with Gasteiger partial charge in [-0.1, -0.05) is 30.3 Å². The van der Waals surface area contributed by atoms with E-state index in [0.29, 0.717) is 31.1 Å². The molecule has 2 aromatic carbocycles. The Morgan fingerprint density at radius 1 is 1.06 bits per heavy atom. The van der Waals surface area contributed by atoms with Gasteiger partial charge in [0.25, 0.3) is 5.91 Å². The maximum absolute atomic E-state index is 12.8. The van der Waals surface area contributed by atoms with Crippen LogP contribution < -0.4 is 15.4 Å². The van der Waals surface area contributed by atoms with Gasteiger partial charge >= 0.3 is 0 Å². The highest BCUT2D eigenvalue weighted by Gasteiger charge is 2.52. The lowest BCUT2D eigenvalue weighted by Crippen LogP contribution is -2.48. The number of carbonyl (C=O) groups excluding carboxylic acids is 3. The van der Waals surface area contributed by atoms with Crippen molar-refractivity contribution in [3.63, 3.8) is 0 Å². The van der Waals surface area contributed by atoms with Gasteiger partial charge in [0, 0.05) is 19.0 Å². The Morgan fingerprint density at radius 3 is 2.42 bits per heavy atom. The van der Waals surface area contributed by atoms with Gasteiger partial charge in [0.15, 0.2) is 5.79 Å². The second-order valence-corrected chi connectivity index (χ2v) is 7.94. The first-order chi connectivity index (χ1) is 16.0. The Bertz CT molecular complexity index is 989. The van der Waals surface area contributed by atoms with Crippen molar-refractivity contribution in [1.29, 1.82) is 0 Å². The van der Waals surface area contributed by atoms with Crippen molar-refractivity contribution >= 4 is 17.7 Å². The van der Waals surface area contributed by atoms with Crippen molar-refractivity contribution in [2.75, 3.05) is 33.4 Å². The molecular formula is C24H27N3O6. The maximum Gasteiger partial charge on any atom is 0.251 e. The molecule has 0 aromatic heterocycles. The average molecular weight is 453 g/mol. The number of rotatable bonds is 7. The quantitative estimate of drug-likeness (QED) is 0.650. The van der Waals surface area contributed by atoms with Crippen LogP contribution in [0, 0.1) is 0 Å². The van der Waals surface area contributed by atoms with Crippen LogP contribution in [0.2, 0.25) is 0 Å². The largest absolute Gasteiger partial charge is 0.489 e. The number of nitrogens with one attached hydrogen (secondary N) is 2. The van der Waals surface area contributed by atoms with E-state index in [1.807, 2.05) is 30.3 Å². The van der Waals surface area contributed by atoms with E-state index in [-0.39, 0.29) is 31.3 Å². The van der Waals surface area contributed by atoms with Crippen LogP contribution in [0.3, 0.4) is 0 Å².